The maximum absolute atomic E-state index is 13.3. The zero-order valence-electron chi connectivity index (χ0n) is 11.5. The summed E-state index contributed by atoms with van der Waals surface area (Å²) in [7, 11) is 0. The number of amides is 2. The van der Waals surface area contributed by atoms with Crippen molar-refractivity contribution in [2.24, 2.45) is 0 Å². The minimum Gasteiger partial charge on any atom is -0.478 e. The highest BCUT2D eigenvalue weighted by Gasteiger charge is 2.25. The summed E-state index contributed by atoms with van der Waals surface area (Å²) in [4.78, 5) is 24.8. The van der Waals surface area contributed by atoms with E-state index >= 15 is 0 Å². The van der Waals surface area contributed by atoms with Gasteiger partial charge in [0.15, 0.2) is 11.6 Å². The van der Waals surface area contributed by atoms with E-state index in [9.17, 15) is 18.4 Å². The molecule has 1 fully saturated rings. The van der Waals surface area contributed by atoms with Crippen LogP contribution >= 0.6 is 0 Å². The number of halogens is 2. The molecule has 0 radical (unpaired) electrons. The van der Waals surface area contributed by atoms with Crippen molar-refractivity contribution in [3.63, 3.8) is 0 Å². The summed E-state index contributed by atoms with van der Waals surface area (Å²) >= 11 is 0. The molecule has 5 nitrogen and oxygen atoms in total. The fourth-order valence-electron chi connectivity index (χ4n) is 2.41. The first kappa shape index (κ1) is 15.2. The number of nitrogens with zero attached hydrogens (tertiary/aromatic N) is 1. The highest BCUT2D eigenvalue weighted by Crippen LogP contribution is 2.22. The van der Waals surface area contributed by atoms with Gasteiger partial charge in [0.1, 0.15) is 0 Å². The van der Waals surface area contributed by atoms with Gasteiger partial charge in [-0.05, 0) is 32.3 Å². The smallest absolute Gasteiger partial charge is 0.337 e. The summed E-state index contributed by atoms with van der Waals surface area (Å²) < 4.78 is 26.4. The summed E-state index contributed by atoms with van der Waals surface area (Å²) in [5.74, 6) is -3.91. The molecule has 0 aromatic heterocycles. The third-order valence-corrected chi connectivity index (χ3v) is 3.60. The highest BCUT2D eigenvalue weighted by molar-refractivity contribution is 6.00. The molecule has 0 saturated carbocycles. The largest absolute Gasteiger partial charge is 0.478 e. The van der Waals surface area contributed by atoms with E-state index in [1.165, 1.54) is 0 Å². The molecule has 0 bridgehead atoms. The number of anilines is 1. The van der Waals surface area contributed by atoms with Crippen LogP contribution in [-0.4, -0.2) is 34.6 Å². The van der Waals surface area contributed by atoms with E-state index in [4.69, 9.17) is 5.11 Å². The zero-order valence-corrected chi connectivity index (χ0v) is 11.5. The van der Waals surface area contributed by atoms with E-state index < -0.39 is 29.2 Å². The van der Waals surface area contributed by atoms with Crippen molar-refractivity contribution in [3.8, 4) is 0 Å². The number of carbonyl (C=O) groups excluding carboxylic acids is 1. The van der Waals surface area contributed by atoms with Crippen LogP contribution < -0.4 is 5.32 Å². The van der Waals surface area contributed by atoms with Crippen LogP contribution in [0.2, 0.25) is 0 Å². The number of likely N-dealkylation sites (tertiary alicyclic amines) is 1. The van der Waals surface area contributed by atoms with Crippen LogP contribution in [0, 0.1) is 11.6 Å². The Balaban J connectivity index is 2.24. The fraction of sp³-hybridized carbons (Fsp3) is 0.429. The number of carboxylic acids is 1. The average Bonchev–Trinajstić information content (AvgIpc) is 2.42. The normalized spacial score (nSPS) is 18.4. The Kier molecular flexibility index (Phi) is 4.40. The second-order valence-electron chi connectivity index (χ2n) is 5.09. The number of carboxylic acid groups (broad SMARTS) is 1. The van der Waals surface area contributed by atoms with Crippen LogP contribution in [0.4, 0.5) is 19.3 Å². The molecular formula is C14H16F2N2O3. The number of rotatable bonds is 2. The van der Waals surface area contributed by atoms with E-state index in [0.717, 1.165) is 19.3 Å². The minimum absolute atomic E-state index is 0.0253. The number of hydrogen-bond donors (Lipinski definition) is 2. The molecule has 1 aliphatic rings. The van der Waals surface area contributed by atoms with Gasteiger partial charge in [0.25, 0.3) is 0 Å². The molecule has 2 amide bonds. The maximum Gasteiger partial charge on any atom is 0.337 e. The molecule has 7 heteroatoms. The summed E-state index contributed by atoms with van der Waals surface area (Å²) in [5.41, 5.74) is -0.726. The molecule has 1 saturated heterocycles. The Labute approximate surface area is 120 Å². The molecule has 1 aromatic carbocycles. The first-order valence-electron chi connectivity index (χ1n) is 6.70. The van der Waals surface area contributed by atoms with Crippen LogP contribution in [-0.2, 0) is 0 Å². The van der Waals surface area contributed by atoms with Crippen molar-refractivity contribution in [3.05, 3.63) is 29.3 Å². The molecule has 1 aromatic rings. The third kappa shape index (κ3) is 3.29. The van der Waals surface area contributed by atoms with Crippen LogP contribution in [0.25, 0.3) is 0 Å². The Hall–Kier alpha value is -2.18. The lowest BCUT2D eigenvalue weighted by atomic mass is 10.0. The van der Waals surface area contributed by atoms with E-state index in [1.54, 1.807) is 4.90 Å². The topological polar surface area (TPSA) is 69.6 Å². The zero-order chi connectivity index (χ0) is 15.6. The molecule has 0 spiro atoms. The van der Waals surface area contributed by atoms with Gasteiger partial charge in [-0.2, -0.15) is 0 Å². The first-order valence-corrected chi connectivity index (χ1v) is 6.70. The molecule has 1 aliphatic heterocycles. The molecular weight excluding hydrogens is 282 g/mol. The van der Waals surface area contributed by atoms with Crippen LogP contribution in [0.15, 0.2) is 12.1 Å². The first-order chi connectivity index (χ1) is 9.90. The summed E-state index contributed by atoms with van der Waals surface area (Å²) in [6.07, 6.45) is 2.74. The van der Waals surface area contributed by atoms with Gasteiger partial charge >= 0.3 is 12.0 Å². The second kappa shape index (κ2) is 6.07. The number of aromatic carboxylic acids is 1. The number of urea groups is 1. The molecule has 1 heterocycles. The van der Waals surface area contributed by atoms with E-state index in [1.807, 2.05) is 6.92 Å². The summed E-state index contributed by atoms with van der Waals surface area (Å²) in [6.45, 7) is 2.45. The molecule has 2 N–H and O–H groups in total. The predicted molar refractivity (Wildman–Crippen MR) is 72.4 cm³/mol. The van der Waals surface area contributed by atoms with E-state index in [0.29, 0.717) is 18.7 Å². The molecule has 1 unspecified atom stereocenters. The van der Waals surface area contributed by atoms with Crippen LogP contribution in [0.5, 0.6) is 0 Å². The second-order valence-corrected chi connectivity index (χ2v) is 5.09. The molecule has 114 valence electrons. The van der Waals surface area contributed by atoms with Crippen LogP contribution in [0.1, 0.15) is 36.5 Å². The van der Waals surface area contributed by atoms with Gasteiger partial charge in [0.05, 0.1) is 11.3 Å². The number of hydrogen-bond acceptors (Lipinski definition) is 2. The lowest BCUT2D eigenvalue weighted by Crippen LogP contribution is -2.44. The summed E-state index contributed by atoms with van der Waals surface area (Å²) in [6, 6.07) is 0.770. The van der Waals surface area contributed by atoms with Crippen molar-refractivity contribution in [1.82, 2.24) is 4.90 Å². The van der Waals surface area contributed by atoms with Crippen LogP contribution in [0.3, 0.4) is 0 Å². The Morgan fingerprint density at radius 3 is 2.57 bits per heavy atom. The molecule has 21 heavy (non-hydrogen) atoms. The maximum atomic E-state index is 13.3. The molecule has 0 aliphatic carbocycles. The number of carbonyl (C=O) groups is 2. The van der Waals surface area contributed by atoms with E-state index in [2.05, 4.69) is 5.32 Å². The quantitative estimate of drug-likeness (QED) is 0.881. The average molecular weight is 298 g/mol. The monoisotopic (exact) mass is 298 g/mol. The fourth-order valence-corrected chi connectivity index (χ4v) is 2.41. The van der Waals surface area contributed by atoms with Gasteiger partial charge in [0, 0.05) is 18.7 Å². The highest BCUT2D eigenvalue weighted by atomic mass is 19.2. The summed E-state index contributed by atoms with van der Waals surface area (Å²) in [5, 5.41) is 11.4. The van der Waals surface area contributed by atoms with Gasteiger partial charge in [-0.15, -0.1) is 0 Å². The van der Waals surface area contributed by atoms with Gasteiger partial charge in [-0.25, -0.2) is 18.4 Å². The number of piperidine rings is 1. The molecule has 1 atom stereocenters. The van der Waals surface area contributed by atoms with Crippen molar-refractivity contribution in [1.29, 1.82) is 0 Å². The van der Waals surface area contributed by atoms with Gasteiger partial charge < -0.3 is 15.3 Å². The molecule has 2 rings (SSSR count). The lowest BCUT2D eigenvalue weighted by molar-refractivity contribution is 0.0697. The van der Waals surface area contributed by atoms with Gasteiger partial charge in [0.2, 0.25) is 0 Å². The van der Waals surface area contributed by atoms with Crippen molar-refractivity contribution in [2.45, 2.75) is 32.2 Å². The standard InChI is InChI=1S/C14H16F2N2O3/c1-8-4-2-3-5-18(8)14(21)17-12-7-11(16)10(15)6-9(12)13(19)20/h6-8H,2-5H2,1H3,(H,17,21)(H,19,20). The number of nitrogens with one attached hydrogen (secondary N) is 1. The Morgan fingerprint density at radius 2 is 1.95 bits per heavy atom. The van der Waals surface area contributed by atoms with Crippen molar-refractivity contribution >= 4 is 17.7 Å². The Bertz CT molecular complexity index is 578. The van der Waals surface area contributed by atoms with Crippen molar-refractivity contribution < 1.29 is 23.5 Å². The van der Waals surface area contributed by atoms with Gasteiger partial charge in [-0.1, -0.05) is 0 Å². The van der Waals surface area contributed by atoms with Crippen molar-refractivity contribution in [2.75, 3.05) is 11.9 Å². The SMILES string of the molecule is CC1CCCCN1C(=O)Nc1cc(F)c(F)cc1C(=O)O. The lowest BCUT2D eigenvalue weighted by Gasteiger charge is -2.33. The van der Waals surface area contributed by atoms with E-state index in [-0.39, 0.29) is 11.7 Å². The minimum atomic E-state index is -1.43. The predicted octanol–water partition coefficient (Wildman–Crippen LogP) is 3.07. The van der Waals surface area contributed by atoms with Gasteiger partial charge in [-0.3, -0.25) is 0 Å². The number of benzene rings is 1. The third-order valence-electron chi connectivity index (χ3n) is 3.60. The Morgan fingerprint density at radius 1 is 1.29 bits per heavy atom.